The molecule has 1 aromatic rings. The van der Waals surface area contributed by atoms with Gasteiger partial charge in [-0.25, -0.2) is 0 Å². The standard InChI is InChI=1S/C16H25BrN2/c1-4-12-5-8-14(9-6-12)18-15-11-13(17)7-10-16(15)19(2)3/h7,10-12,14,18H,4-6,8-9H2,1-3H3. The molecular weight excluding hydrogens is 300 g/mol. The minimum atomic E-state index is 0.635. The van der Waals surface area contributed by atoms with Gasteiger partial charge in [0.1, 0.15) is 0 Å². The predicted octanol–water partition coefficient (Wildman–Crippen LogP) is 4.90. The summed E-state index contributed by atoms with van der Waals surface area (Å²) in [5.41, 5.74) is 2.51. The molecule has 2 nitrogen and oxygen atoms in total. The summed E-state index contributed by atoms with van der Waals surface area (Å²) in [6, 6.07) is 7.11. The zero-order chi connectivity index (χ0) is 13.8. The van der Waals surface area contributed by atoms with Gasteiger partial charge in [0, 0.05) is 24.6 Å². The first kappa shape index (κ1) is 14.7. The van der Waals surface area contributed by atoms with Gasteiger partial charge in [-0.05, 0) is 49.8 Å². The summed E-state index contributed by atoms with van der Waals surface area (Å²) in [7, 11) is 4.20. The smallest absolute Gasteiger partial charge is 0.0597 e. The molecule has 2 rings (SSSR count). The molecule has 1 saturated carbocycles. The molecule has 0 radical (unpaired) electrons. The molecule has 0 atom stereocenters. The number of anilines is 2. The third-order valence-electron chi connectivity index (χ3n) is 4.22. The maximum atomic E-state index is 3.74. The molecule has 106 valence electrons. The number of hydrogen-bond donors (Lipinski definition) is 1. The van der Waals surface area contributed by atoms with Gasteiger partial charge in [-0.1, -0.05) is 29.3 Å². The van der Waals surface area contributed by atoms with Crippen molar-refractivity contribution in [2.45, 2.75) is 45.1 Å². The average molecular weight is 325 g/mol. The Morgan fingerprint density at radius 1 is 1.21 bits per heavy atom. The van der Waals surface area contributed by atoms with Gasteiger partial charge in [-0.15, -0.1) is 0 Å². The molecule has 0 aliphatic heterocycles. The lowest BCUT2D eigenvalue weighted by Gasteiger charge is -2.30. The van der Waals surface area contributed by atoms with Crippen LogP contribution >= 0.6 is 15.9 Å². The fourth-order valence-electron chi connectivity index (χ4n) is 2.95. The first-order valence-electron chi connectivity index (χ1n) is 7.33. The van der Waals surface area contributed by atoms with Gasteiger partial charge < -0.3 is 10.2 Å². The Labute approximate surface area is 125 Å². The lowest BCUT2D eigenvalue weighted by Crippen LogP contribution is -2.26. The number of hydrogen-bond acceptors (Lipinski definition) is 2. The van der Waals surface area contributed by atoms with E-state index in [2.05, 4.69) is 65.4 Å². The highest BCUT2D eigenvalue weighted by Gasteiger charge is 2.20. The Bertz CT molecular complexity index is 409. The van der Waals surface area contributed by atoms with Gasteiger partial charge in [-0.2, -0.15) is 0 Å². The SMILES string of the molecule is CCC1CCC(Nc2cc(Br)ccc2N(C)C)CC1. The van der Waals surface area contributed by atoms with Crippen LogP contribution in [0.3, 0.4) is 0 Å². The molecule has 1 aliphatic carbocycles. The van der Waals surface area contributed by atoms with E-state index in [0.29, 0.717) is 6.04 Å². The van der Waals surface area contributed by atoms with Crippen molar-refractivity contribution in [3.05, 3.63) is 22.7 Å². The summed E-state index contributed by atoms with van der Waals surface area (Å²) >= 11 is 3.57. The average Bonchev–Trinajstić information content (AvgIpc) is 2.39. The number of rotatable bonds is 4. The van der Waals surface area contributed by atoms with E-state index in [9.17, 15) is 0 Å². The zero-order valence-corrected chi connectivity index (χ0v) is 13.8. The molecule has 0 amide bonds. The van der Waals surface area contributed by atoms with Crippen molar-refractivity contribution in [3.63, 3.8) is 0 Å². The van der Waals surface area contributed by atoms with Crippen LogP contribution in [0, 0.1) is 5.92 Å². The van der Waals surface area contributed by atoms with E-state index >= 15 is 0 Å². The van der Waals surface area contributed by atoms with Gasteiger partial charge >= 0.3 is 0 Å². The highest BCUT2D eigenvalue weighted by Crippen LogP contribution is 2.33. The van der Waals surface area contributed by atoms with Gasteiger partial charge in [0.25, 0.3) is 0 Å². The first-order chi connectivity index (χ1) is 9.10. The van der Waals surface area contributed by atoms with Crippen molar-refractivity contribution in [1.82, 2.24) is 0 Å². The fourth-order valence-corrected chi connectivity index (χ4v) is 3.31. The normalized spacial score (nSPS) is 23.2. The molecular formula is C16H25BrN2. The highest BCUT2D eigenvalue weighted by molar-refractivity contribution is 9.10. The molecule has 3 heteroatoms. The van der Waals surface area contributed by atoms with E-state index in [1.165, 1.54) is 43.5 Å². The van der Waals surface area contributed by atoms with E-state index < -0.39 is 0 Å². The molecule has 1 N–H and O–H groups in total. The van der Waals surface area contributed by atoms with Crippen molar-refractivity contribution < 1.29 is 0 Å². The van der Waals surface area contributed by atoms with E-state index in [-0.39, 0.29) is 0 Å². The second kappa shape index (κ2) is 6.65. The molecule has 0 unspecified atom stereocenters. The Morgan fingerprint density at radius 2 is 1.89 bits per heavy atom. The third kappa shape index (κ3) is 3.88. The molecule has 0 spiro atoms. The van der Waals surface area contributed by atoms with Crippen LogP contribution in [0.1, 0.15) is 39.0 Å². The summed E-state index contributed by atoms with van der Waals surface area (Å²) in [6.07, 6.45) is 6.70. The van der Waals surface area contributed by atoms with Crippen LogP contribution in [0.5, 0.6) is 0 Å². The van der Waals surface area contributed by atoms with E-state index in [1.54, 1.807) is 0 Å². The maximum absolute atomic E-state index is 3.74. The van der Waals surface area contributed by atoms with Crippen LogP contribution in [-0.2, 0) is 0 Å². The minimum Gasteiger partial charge on any atom is -0.381 e. The summed E-state index contributed by atoms with van der Waals surface area (Å²) in [5.74, 6) is 0.953. The lowest BCUT2D eigenvalue weighted by molar-refractivity contribution is 0.330. The van der Waals surface area contributed by atoms with E-state index in [1.807, 2.05) is 0 Å². The van der Waals surface area contributed by atoms with Gasteiger partial charge in [0.05, 0.1) is 11.4 Å². The van der Waals surface area contributed by atoms with Crippen molar-refractivity contribution in [1.29, 1.82) is 0 Å². The predicted molar refractivity (Wildman–Crippen MR) is 88.1 cm³/mol. The second-order valence-electron chi connectivity index (χ2n) is 5.83. The highest BCUT2D eigenvalue weighted by atomic mass is 79.9. The molecule has 0 bridgehead atoms. The molecule has 0 aromatic heterocycles. The second-order valence-corrected chi connectivity index (χ2v) is 6.74. The van der Waals surface area contributed by atoms with Crippen LogP contribution in [-0.4, -0.2) is 20.1 Å². The van der Waals surface area contributed by atoms with E-state index in [0.717, 1.165) is 10.4 Å². The Balaban J connectivity index is 2.04. The minimum absolute atomic E-state index is 0.635. The van der Waals surface area contributed by atoms with Crippen LogP contribution in [0.15, 0.2) is 22.7 Å². The Hall–Kier alpha value is -0.700. The van der Waals surface area contributed by atoms with Crippen molar-refractivity contribution in [2.24, 2.45) is 5.92 Å². The molecule has 1 aliphatic rings. The Kier molecular flexibility index (Phi) is 5.14. The Morgan fingerprint density at radius 3 is 2.47 bits per heavy atom. The summed E-state index contributed by atoms with van der Waals surface area (Å²) in [6.45, 7) is 2.32. The molecule has 0 heterocycles. The lowest BCUT2D eigenvalue weighted by atomic mass is 9.84. The summed E-state index contributed by atoms with van der Waals surface area (Å²) < 4.78 is 1.14. The molecule has 0 saturated heterocycles. The first-order valence-corrected chi connectivity index (χ1v) is 8.13. The number of halogens is 1. The van der Waals surface area contributed by atoms with Gasteiger partial charge in [0.2, 0.25) is 0 Å². The maximum Gasteiger partial charge on any atom is 0.0597 e. The van der Waals surface area contributed by atoms with Crippen molar-refractivity contribution in [3.8, 4) is 0 Å². The summed E-state index contributed by atoms with van der Waals surface area (Å²) in [5, 5.41) is 3.74. The third-order valence-corrected chi connectivity index (χ3v) is 4.72. The van der Waals surface area contributed by atoms with E-state index in [4.69, 9.17) is 0 Å². The number of nitrogens with one attached hydrogen (secondary N) is 1. The topological polar surface area (TPSA) is 15.3 Å². The van der Waals surface area contributed by atoms with Crippen LogP contribution in [0.4, 0.5) is 11.4 Å². The van der Waals surface area contributed by atoms with Crippen molar-refractivity contribution >= 4 is 27.3 Å². The van der Waals surface area contributed by atoms with Crippen LogP contribution < -0.4 is 10.2 Å². The molecule has 1 fully saturated rings. The molecule has 19 heavy (non-hydrogen) atoms. The fraction of sp³-hybridized carbons (Fsp3) is 0.625. The number of benzene rings is 1. The van der Waals surface area contributed by atoms with Gasteiger partial charge in [0.15, 0.2) is 0 Å². The summed E-state index contributed by atoms with van der Waals surface area (Å²) in [4.78, 5) is 2.17. The van der Waals surface area contributed by atoms with Crippen LogP contribution in [0.25, 0.3) is 0 Å². The monoisotopic (exact) mass is 324 g/mol. The molecule has 1 aromatic carbocycles. The van der Waals surface area contributed by atoms with Crippen molar-refractivity contribution in [2.75, 3.05) is 24.3 Å². The zero-order valence-electron chi connectivity index (χ0n) is 12.2. The number of nitrogens with zero attached hydrogens (tertiary/aromatic N) is 1. The largest absolute Gasteiger partial charge is 0.381 e. The quantitative estimate of drug-likeness (QED) is 0.847. The van der Waals surface area contributed by atoms with Crippen LogP contribution in [0.2, 0.25) is 0 Å². The van der Waals surface area contributed by atoms with Gasteiger partial charge in [-0.3, -0.25) is 0 Å².